The maximum atomic E-state index is 13.3. The molecule has 0 fully saturated rings. The molecule has 0 radical (unpaired) electrons. The fraction of sp³-hybridized carbons (Fsp3) is 0.100. The van der Waals surface area contributed by atoms with Crippen LogP contribution in [0, 0.1) is 5.82 Å². The van der Waals surface area contributed by atoms with Gasteiger partial charge in [-0.1, -0.05) is 30.0 Å². The molecule has 4 aromatic rings. The monoisotopic (exact) mass is 426 g/mol. The second kappa shape index (κ2) is 8.97. The van der Waals surface area contributed by atoms with Crippen molar-refractivity contribution in [3.8, 4) is 11.5 Å². The molecular formula is C20H15FN4O2S2. The highest BCUT2D eigenvalue weighted by Crippen LogP contribution is 2.27. The molecule has 1 atom stereocenters. The van der Waals surface area contributed by atoms with Gasteiger partial charge in [0, 0.05) is 17.3 Å². The molecule has 29 heavy (non-hydrogen) atoms. The van der Waals surface area contributed by atoms with Crippen LogP contribution >= 0.6 is 23.1 Å². The van der Waals surface area contributed by atoms with Gasteiger partial charge in [-0.3, -0.25) is 9.78 Å². The minimum atomic E-state index is -0.350. The normalized spacial score (nSPS) is 11.9. The zero-order valence-electron chi connectivity index (χ0n) is 15.0. The number of rotatable bonds is 7. The molecule has 0 bridgehead atoms. The molecular weight excluding hydrogens is 411 g/mol. The van der Waals surface area contributed by atoms with E-state index in [1.165, 1.54) is 23.5 Å². The van der Waals surface area contributed by atoms with Crippen LogP contribution in [0.25, 0.3) is 11.5 Å². The summed E-state index contributed by atoms with van der Waals surface area (Å²) in [7, 11) is 0. The molecule has 0 saturated heterocycles. The lowest BCUT2D eigenvalue weighted by atomic mass is 10.1. The molecule has 3 aromatic heterocycles. The maximum absolute atomic E-state index is 13.3. The van der Waals surface area contributed by atoms with E-state index in [-0.39, 0.29) is 23.5 Å². The van der Waals surface area contributed by atoms with E-state index in [0.29, 0.717) is 16.7 Å². The Bertz CT molecular complexity index is 1070. The van der Waals surface area contributed by atoms with Crippen molar-refractivity contribution in [2.75, 3.05) is 5.75 Å². The summed E-state index contributed by atoms with van der Waals surface area (Å²) in [6, 6.07) is 13.2. The molecule has 0 spiro atoms. The number of nitrogens with zero attached hydrogens (tertiary/aromatic N) is 3. The van der Waals surface area contributed by atoms with Gasteiger partial charge in [0.1, 0.15) is 5.82 Å². The molecule has 146 valence electrons. The first kappa shape index (κ1) is 19.3. The lowest BCUT2D eigenvalue weighted by molar-refractivity contribution is -0.119. The number of pyridine rings is 1. The predicted octanol–water partition coefficient (Wildman–Crippen LogP) is 4.33. The molecule has 4 rings (SSSR count). The Morgan fingerprint density at radius 2 is 2.03 bits per heavy atom. The number of nitrogens with one attached hydrogen (secondary N) is 1. The van der Waals surface area contributed by atoms with Crippen molar-refractivity contribution in [1.82, 2.24) is 20.5 Å². The second-order valence-corrected chi connectivity index (χ2v) is 7.88. The number of thiophene rings is 1. The fourth-order valence-electron chi connectivity index (χ4n) is 2.63. The summed E-state index contributed by atoms with van der Waals surface area (Å²) in [5.74, 6) is -0.0541. The molecule has 0 saturated carbocycles. The summed E-state index contributed by atoms with van der Waals surface area (Å²) in [6.45, 7) is 0. The summed E-state index contributed by atoms with van der Waals surface area (Å²) < 4.78 is 18.8. The Morgan fingerprint density at radius 3 is 2.76 bits per heavy atom. The first-order chi connectivity index (χ1) is 14.2. The minimum Gasteiger partial charge on any atom is -0.411 e. The van der Waals surface area contributed by atoms with E-state index in [9.17, 15) is 9.18 Å². The highest BCUT2D eigenvalue weighted by atomic mass is 32.2. The predicted molar refractivity (Wildman–Crippen MR) is 109 cm³/mol. The Kier molecular flexibility index (Phi) is 5.97. The average molecular weight is 426 g/mol. The second-order valence-electron chi connectivity index (χ2n) is 5.97. The van der Waals surface area contributed by atoms with Gasteiger partial charge in [-0.15, -0.1) is 21.5 Å². The maximum Gasteiger partial charge on any atom is 0.277 e. The van der Waals surface area contributed by atoms with Crippen molar-refractivity contribution in [3.63, 3.8) is 0 Å². The third-order valence-corrected chi connectivity index (χ3v) is 5.73. The van der Waals surface area contributed by atoms with Crippen LogP contribution < -0.4 is 5.32 Å². The topological polar surface area (TPSA) is 80.9 Å². The van der Waals surface area contributed by atoms with Gasteiger partial charge in [-0.2, -0.15) is 0 Å². The van der Waals surface area contributed by atoms with E-state index >= 15 is 0 Å². The Morgan fingerprint density at radius 1 is 1.17 bits per heavy atom. The minimum absolute atomic E-state index is 0.109. The Hall–Kier alpha value is -3.04. The number of amides is 1. The van der Waals surface area contributed by atoms with Crippen molar-refractivity contribution >= 4 is 29.0 Å². The van der Waals surface area contributed by atoms with Crippen molar-refractivity contribution in [3.05, 3.63) is 82.6 Å². The quantitative estimate of drug-likeness (QED) is 0.443. The van der Waals surface area contributed by atoms with Crippen molar-refractivity contribution in [2.24, 2.45) is 0 Å². The van der Waals surface area contributed by atoms with E-state index in [2.05, 4.69) is 20.5 Å². The van der Waals surface area contributed by atoms with Gasteiger partial charge < -0.3 is 9.73 Å². The smallest absolute Gasteiger partial charge is 0.277 e. The molecule has 6 nitrogen and oxygen atoms in total. The summed E-state index contributed by atoms with van der Waals surface area (Å²) in [4.78, 5) is 17.5. The van der Waals surface area contributed by atoms with Crippen LogP contribution in [0.5, 0.6) is 0 Å². The number of thioether (sulfide) groups is 1. The fourth-order valence-corrected chi connectivity index (χ4v) is 4.01. The highest BCUT2D eigenvalue weighted by molar-refractivity contribution is 7.99. The van der Waals surface area contributed by atoms with Gasteiger partial charge in [0.15, 0.2) is 0 Å². The van der Waals surface area contributed by atoms with E-state index in [0.717, 1.165) is 22.2 Å². The number of hydrogen-bond acceptors (Lipinski definition) is 7. The van der Waals surface area contributed by atoms with Gasteiger partial charge in [-0.05, 0) is 41.3 Å². The van der Waals surface area contributed by atoms with Crippen molar-refractivity contribution in [1.29, 1.82) is 0 Å². The molecule has 1 N–H and O–H groups in total. The van der Waals surface area contributed by atoms with Crippen molar-refractivity contribution in [2.45, 2.75) is 11.3 Å². The number of aromatic nitrogens is 3. The van der Waals surface area contributed by atoms with Crippen LogP contribution in [0.4, 0.5) is 4.39 Å². The van der Waals surface area contributed by atoms with Crippen LogP contribution in [0.15, 0.2) is 75.9 Å². The Balaban J connectivity index is 1.41. The number of carbonyl (C=O) groups excluding carboxylic acids is 1. The van der Waals surface area contributed by atoms with Crippen molar-refractivity contribution < 1.29 is 13.6 Å². The molecule has 9 heteroatoms. The number of halogens is 1. The zero-order chi connectivity index (χ0) is 20.1. The molecule has 3 heterocycles. The molecule has 0 unspecified atom stereocenters. The molecule has 1 amide bonds. The zero-order valence-corrected chi connectivity index (χ0v) is 16.6. The molecule has 0 aliphatic rings. The van der Waals surface area contributed by atoms with E-state index in [1.807, 2.05) is 23.6 Å². The van der Waals surface area contributed by atoms with E-state index < -0.39 is 0 Å². The first-order valence-electron chi connectivity index (χ1n) is 8.64. The summed E-state index contributed by atoms with van der Waals surface area (Å²) in [6.07, 6.45) is 3.29. The van der Waals surface area contributed by atoms with Crippen LogP contribution in [0.3, 0.4) is 0 Å². The van der Waals surface area contributed by atoms with Crippen LogP contribution in [0.2, 0.25) is 0 Å². The lowest BCUT2D eigenvalue weighted by Gasteiger charge is -2.18. The Labute approximate surface area is 174 Å². The molecule has 1 aromatic carbocycles. The van der Waals surface area contributed by atoms with Crippen LogP contribution in [-0.2, 0) is 4.79 Å². The van der Waals surface area contributed by atoms with Gasteiger partial charge in [0.25, 0.3) is 5.22 Å². The van der Waals surface area contributed by atoms with Gasteiger partial charge in [0.2, 0.25) is 11.8 Å². The van der Waals surface area contributed by atoms with Gasteiger partial charge >= 0.3 is 0 Å². The third-order valence-electron chi connectivity index (χ3n) is 3.98. The van der Waals surface area contributed by atoms with Crippen LogP contribution in [-0.4, -0.2) is 26.8 Å². The number of carbonyl (C=O) groups is 1. The van der Waals surface area contributed by atoms with Crippen LogP contribution in [0.1, 0.15) is 16.5 Å². The van der Waals surface area contributed by atoms with Gasteiger partial charge in [0.05, 0.1) is 17.4 Å². The van der Waals surface area contributed by atoms with E-state index in [4.69, 9.17) is 4.42 Å². The largest absolute Gasteiger partial charge is 0.411 e. The standard InChI is InChI=1S/C20H15FN4O2S2/c21-15-7-5-13(6-8-15)18(16-4-2-10-28-16)23-17(26)12-29-20-25-24-19(27-20)14-3-1-9-22-11-14/h1-11,18H,12H2,(H,23,26)/t18-/m1/s1. The average Bonchev–Trinajstić information content (AvgIpc) is 3.44. The third kappa shape index (κ3) is 4.87. The molecule has 0 aliphatic carbocycles. The first-order valence-corrected chi connectivity index (χ1v) is 10.5. The summed E-state index contributed by atoms with van der Waals surface area (Å²) >= 11 is 2.68. The SMILES string of the molecule is O=C(CSc1nnc(-c2cccnc2)o1)N[C@H](c1ccc(F)cc1)c1cccs1. The summed E-state index contributed by atoms with van der Waals surface area (Å²) in [5, 5.41) is 13.2. The summed E-state index contributed by atoms with van der Waals surface area (Å²) in [5.41, 5.74) is 1.52. The highest BCUT2D eigenvalue weighted by Gasteiger charge is 2.19. The van der Waals surface area contributed by atoms with E-state index in [1.54, 1.807) is 30.6 Å². The van der Waals surface area contributed by atoms with Gasteiger partial charge in [-0.25, -0.2) is 4.39 Å². The lowest BCUT2D eigenvalue weighted by Crippen LogP contribution is -2.30. The number of benzene rings is 1. The number of hydrogen-bond donors (Lipinski definition) is 1. The molecule has 0 aliphatic heterocycles.